The van der Waals surface area contributed by atoms with Gasteiger partial charge in [0.2, 0.25) is 0 Å². The van der Waals surface area contributed by atoms with Crippen LogP contribution in [0.4, 0.5) is 0 Å². The van der Waals surface area contributed by atoms with Gasteiger partial charge in [-0.25, -0.2) is 0 Å². The zero-order valence-corrected chi connectivity index (χ0v) is 12.6. The Bertz CT molecular complexity index is 658. The maximum atomic E-state index is 5.44. The van der Waals surface area contributed by atoms with Crippen LogP contribution in [0.25, 0.3) is 6.08 Å². The van der Waals surface area contributed by atoms with Gasteiger partial charge in [0.05, 0.1) is 5.71 Å². The van der Waals surface area contributed by atoms with Gasteiger partial charge in [-0.1, -0.05) is 66.2 Å². The van der Waals surface area contributed by atoms with Crippen molar-refractivity contribution in [3.05, 3.63) is 77.4 Å². The molecule has 0 bridgehead atoms. The van der Waals surface area contributed by atoms with E-state index in [9.17, 15) is 0 Å². The first-order chi connectivity index (χ1) is 10.1. The predicted octanol–water partition coefficient (Wildman–Crippen LogP) is 3.25. The van der Waals surface area contributed by atoms with Crippen LogP contribution in [-0.2, 0) is 0 Å². The molecule has 0 aliphatic rings. The molecule has 2 aromatic carbocycles. The van der Waals surface area contributed by atoms with Gasteiger partial charge in [-0.15, -0.1) is 0 Å². The molecule has 0 aliphatic heterocycles. The van der Waals surface area contributed by atoms with Gasteiger partial charge in [-0.05, 0) is 30.8 Å². The van der Waals surface area contributed by atoms with Gasteiger partial charge in [0.15, 0.2) is 5.11 Å². The molecule has 106 valence electrons. The van der Waals surface area contributed by atoms with Crippen molar-refractivity contribution in [3.63, 3.8) is 0 Å². The molecule has 2 rings (SSSR count). The fraction of sp³-hybridized carbons (Fsp3) is 0.0588. The number of thiocarbonyl (C=S) groups is 1. The summed E-state index contributed by atoms with van der Waals surface area (Å²) in [5.41, 5.74) is 12.2. The van der Waals surface area contributed by atoms with Crippen LogP contribution < -0.4 is 11.2 Å². The molecule has 0 amide bonds. The maximum Gasteiger partial charge on any atom is 0.184 e. The third-order valence-corrected chi connectivity index (χ3v) is 2.96. The SMILES string of the molecule is Cc1ccc(C(/C=C/c2ccccc2)=N\NC(N)=S)cc1. The Labute approximate surface area is 130 Å². The molecule has 21 heavy (non-hydrogen) atoms. The first-order valence-electron chi connectivity index (χ1n) is 6.58. The van der Waals surface area contributed by atoms with Crippen LogP contribution in [-0.4, -0.2) is 10.8 Å². The van der Waals surface area contributed by atoms with Gasteiger partial charge in [-0.3, -0.25) is 5.43 Å². The smallest absolute Gasteiger partial charge is 0.184 e. The average molecular weight is 295 g/mol. The summed E-state index contributed by atoms with van der Waals surface area (Å²) in [6.07, 6.45) is 3.94. The number of nitrogens with two attached hydrogens (primary N) is 1. The average Bonchev–Trinajstić information content (AvgIpc) is 2.49. The minimum Gasteiger partial charge on any atom is -0.375 e. The highest BCUT2D eigenvalue weighted by molar-refractivity contribution is 7.80. The molecule has 0 atom stereocenters. The minimum absolute atomic E-state index is 0.146. The predicted molar refractivity (Wildman–Crippen MR) is 93.1 cm³/mol. The van der Waals surface area contributed by atoms with E-state index >= 15 is 0 Å². The quantitative estimate of drug-likeness (QED) is 0.517. The first kappa shape index (κ1) is 14.9. The number of nitrogens with zero attached hydrogens (tertiary/aromatic N) is 1. The van der Waals surface area contributed by atoms with E-state index in [1.807, 2.05) is 73.7 Å². The molecule has 4 heteroatoms. The van der Waals surface area contributed by atoms with Crippen LogP contribution in [0.3, 0.4) is 0 Å². The van der Waals surface area contributed by atoms with Crippen molar-refractivity contribution in [2.75, 3.05) is 0 Å². The molecule has 0 aliphatic carbocycles. The van der Waals surface area contributed by atoms with Crippen LogP contribution >= 0.6 is 12.2 Å². The second-order valence-corrected chi connectivity index (χ2v) is 5.02. The highest BCUT2D eigenvalue weighted by Gasteiger charge is 2.00. The topological polar surface area (TPSA) is 50.4 Å². The van der Waals surface area contributed by atoms with E-state index in [1.165, 1.54) is 5.56 Å². The third-order valence-electron chi connectivity index (χ3n) is 2.87. The highest BCUT2D eigenvalue weighted by atomic mass is 32.1. The lowest BCUT2D eigenvalue weighted by Crippen LogP contribution is -2.25. The van der Waals surface area contributed by atoms with Crippen molar-refractivity contribution in [3.8, 4) is 0 Å². The summed E-state index contributed by atoms with van der Waals surface area (Å²) in [5, 5.41) is 4.40. The largest absolute Gasteiger partial charge is 0.375 e. The van der Waals surface area contributed by atoms with Crippen LogP contribution in [0.1, 0.15) is 16.7 Å². The van der Waals surface area contributed by atoms with Crippen molar-refractivity contribution in [2.45, 2.75) is 6.92 Å². The molecule has 0 heterocycles. The Kier molecular flexibility index (Phi) is 5.23. The van der Waals surface area contributed by atoms with E-state index in [-0.39, 0.29) is 5.11 Å². The lowest BCUT2D eigenvalue weighted by atomic mass is 10.1. The van der Waals surface area contributed by atoms with Crippen molar-refractivity contribution in [1.82, 2.24) is 5.43 Å². The number of hydrogen-bond acceptors (Lipinski definition) is 2. The summed E-state index contributed by atoms with van der Waals surface area (Å²) in [6, 6.07) is 18.2. The van der Waals surface area contributed by atoms with Gasteiger partial charge >= 0.3 is 0 Å². The number of allylic oxidation sites excluding steroid dienone is 1. The number of hydrazone groups is 1. The van der Waals surface area contributed by atoms with Crippen LogP contribution in [0.2, 0.25) is 0 Å². The molecule has 0 aromatic heterocycles. The van der Waals surface area contributed by atoms with Crippen molar-refractivity contribution in [1.29, 1.82) is 0 Å². The second kappa shape index (κ2) is 7.36. The summed E-state index contributed by atoms with van der Waals surface area (Å²) < 4.78 is 0. The molecule has 0 unspecified atom stereocenters. The number of benzene rings is 2. The van der Waals surface area contributed by atoms with E-state index in [2.05, 4.69) is 10.5 Å². The molecule has 2 aromatic rings. The van der Waals surface area contributed by atoms with E-state index in [0.717, 1.165) is 16.8 Å². The fourth-order valence-electron chi connectivity index (χ4n) is 1.78. The summed E-state index contributed by atoms with van der Waals surface area (Å²) in [6.45, 7) is 2.05. The molecule has 0 fully saturated rings. The summed E-state index contributed by atoms with van der Waals surface area (Å²) in [7, 11) is 0. The number of hydrogen-bond donors (Lipinski definition) is 2. The fourth-order valence-corrected chi connectivity index (χ4v) is 1.82. The Morgan fingerprint density at radius 3 is 2.38 bits per heavy atom. The normalized spacial score (nSPS) is 11.6. The molecular formula is C17H17N3S. The maximum absolute atomic E-state index is 5.44. The molecule has 0 saturated heterocycles. The van der Waals surface area contributed by atoms with Gasteiger partial charge in [-0.2, -0.15) is 5.10 Å². The van der Waals surface area contributed by atoms with Gasteiger partial charge in [0.1, 0.15) is 0 Å². The Morgan fingerprint density at radius 1 is 1.10 bits per heavy atom. The molecule has 0 saturated carbocycles. The zero-order chi connectivity index (χ0) is 15.1. The van der Waals surface area contributed by atoms with Crippen LogP contribution in [0, 0.1) is 6.92 Å². The van der Waals surface area contributed by atoms with Gasteiger partial charge < -0.3 is 5.73 Å². The van der Waals surface area contributed by atoms with Crippen molar-refractivity contribution >= 4 is 29.1 Å². The van der Waals surface area contributed by atoms with Crippen LogP contribution in [0.15, 0.2) is 65.8 Å². The highest BCUT2D eigenvalue weighted by Crippen LogP contribution is 2.08. The monoisotopic (exact) mass is 295 g/mol. The summed E-state index contributed by atoms with van der Waals surface area (Å²) >= 11 is 4.80. The molecule has 3 nitrogen and oxygen atoms in total. The minimum atomic E-state index is 0.146. The lowest BCUT2D eigenvalue weighted by Gasteiger charge is -2.04. The molecule has 3 N–H and O–H groups in total. The van der Waals surface area contributed by atoms with Crippen molar-refractivity contribution in [2.24, 2.45) is 10.8 Å². The lowest BCUT2D eigenvalue weighted by molar-refractivity contribution is 1.03. The van der Waals surface area contributed by atoms with Gasteiger partial charge in [0.25, 0.3) is 0 Å². The van der Waals surface area contributed by atoms with E-state index < -0.39 is 0 Å². The standard InChI is InChI=1S/C17H17N3S/c1-13-7-10-15(11-8-13)16(19-20-17(18)21)12-9-14-5-3-2-4-6-14/h2-12H,1H3,(H3,18,20,21)/b12-9+,19-16-. The molecule has 0 radical (unpaired) electrons. The number of nitrogens with one attached hydrogen (secondary N) is 1. The van der Waals surface area contributed by atoms with E-state index in [1.54, 1.807) is 0 Å². The Hall–Kier alpha value is -2.46. The zero-order valence-electron chi connectivity index (χ0n) is 11.8. The molecular weight excluding hydrogens is 278 g/mol. The number of rotatable bonds is 4. The van der Waals surface area contributed by atoms with E-state index in [4.69, 9.17) is 18.0 Å². The Morgan fingerprint density at radius 2 is 1.76 bits per heavy atom. The first-order valence-corrected chi connectivity index (χ1v) is 6.99. The number of aryl methyl sites for hydroxylation is 1. The van der Waals surface area contributed by atoms with Gasteiger partial charge in [0, 0.05) is 5.56 Å². The molecule has 0 spiro atoms. The second-order valence-electron chi connectivity index (χ2n) is 4.58. The van der Waals surface area contributed by atoms with Crippen molar-refractivity contribution < 1.29 is 0 Å². The summed E-state index contributed by atoms with van der Waals surface area (Å²) in [5.74, 6) is 0. The Balaban J connectivity index is 2.28. The summed E-state index contributed by atoms with van der Waals surface area (Å²) in [4.78, 5) is 0. The van der Waals surface area contributed by atoms with E-state index in [0.29, 0.717) is 0 Å². The van der Waals surface area contributed by atoms with Crippen LogP contribution in [0.5, 0.6) is 0 Å². The third kappa shape index (κ3) is 4.85.